The van der Waals surface area contributed by atoms with Crippen molar-refractivity contribution in [1.82, 2.24) is 0 Å². The van der Waals surface area contributed by atoms with E-state index in [0.717, 1.165) is 0 Å². The smallest absolute Gasteiger partial charge is 0.261 e. The Morgan fingerprint density at radius 1 is 1.19 bits per heavy atom. The van der Waals surface area contributed by atoms with Crippen LogP contribution >= 0.6 is 12.6 Å². The van der Waals surface area contributed by atoms with Gasteiger partial charge in [-0.1, -0.05) is 0 Å². The van der Waals surface area contributed by atoms with E-state index in [1.807, 2.05) is 0 Å². The summed E-state index contributed by atoms with van der Waals surface area (Å²) < 4.78 is 85.2. The standard InChI is InChI=1S/C5H7F5S.CH4O3S/c6-1-2(7)3(8)4(9)5(10)11;1-5(2,3)4/h2-5,11H,1H2;1H3,(H,2,3,4). The predicted molar refractivity (Wildman–Crippen MR) is 52.0 cm³/mol. The van der Waals surface area contributed by atoms with Crippen molar-refractivity contribution in [2.45, 2.75) is 24.0 Å². The highest BCUT2D eigenvalue weighted by Crippen LogP contribution is 2.19. The van der Waals surface area contributed by atoms with Crippen LogP contribution in [0.25, 0.3) is 0 Å². The van der Waals surface area contributed by atoms with Crippen LogP contribution in [0.15, 0.2) is 0 Å². The van der Waals surface area contributed by atoms with Gasteiger partial charge in [-0.05, 0) is 0 Å². The highest BCUT2D eigenvalue weighted by atomic mass is 32.2. The molecule has 0 aromatic carbocycles. The van der Waals surface area contributed by atoms with Crippen LogP contribution in [0.2, 0.25) is 0 Å². The first-order chi connectivity index (χ1) is 7.00. The van der Waals surface area contributed by atoms with E-state index < -0.39 is 40.8 Å². The van der Waals surface area contributed by atoms with E-state index in [1.165, 1.54) is 0 Å². The van der Waals surface area contributed by atoms with Crippen LogP contribution in [0.1, 0.15) is 0 Å². The summed E-state index contributed by atoms with van der Waals surface area (Å²) in [4.78, 5) is 0. The summed E-state index contributed by atoms with van der Waals surface area (Å²) >= 11 is 2.89. The van der Waals surface area contributed by atoms with Crippen molar-refractivity contribution in [3.05, 3.63) is 0 Å². The summed E-state index contributed by atoms with van der Waals surface area (Å²) in [5, 5.41) is 0. The normalized spacial score (nSPS) is 19.0. The third-order valence-electron chi connectivity index (χ3n) is 1.06. The molecule has 0 bridgehead atoms. The fourth-order valence-corrected chi connectivity index (χ4v) is 0.601. The molecule has 3 nitrogen and oxygen atoms in total. The highest BCUT2D eigenvalue weighted by molar-refractivity contribution is 7.85. The van der Waals surface area contributed by atoms with E-state index in [2.05, 4.69) is 12.6 Å². The van der Waals surface area contributed by atoms with E-state index in [4.69, 9.17) is 4.55 Å². The van der Waals surface area contributed by atoms with Crippen molar-refractivity contribution in [2.24, 2.45) is 0 Å². The molecule has 0 spiro atoms. The Bertz CT molecular complexity index is 263. The molecule has 0 heterocycles. The van der Waals surface area contributed by atoms with Gasteiger partial charge in [0.25, 0.3) is 10.1 Å². The van der Waals surface area contributed by atoms with Gasteiger partial charge in [0.2, 0.25) is 0 Å². The molecule has 0 saturated heterocycles. The fraction of sp³-hybridized carbons (Fsp3) is 1.00. The first-order valence-corrected chi connectivity index (χ1v) is 6.10. The van der Waals surface area contributed by atoms with Gasteiger partial charge in [-0.25, -0.2) is 22.0 Å². The van der Waals surface area contributed by atoms with Crippen LogP contribution in [0, 0.1) is 0 Å². The van der Waals surface area contributed by atoms with Gasteiger partial charge in [0, 0.05) is 0 Å². The molecule has 0 aliphatic carbocycles. The lowest BCUT2D eigenvalue weighted by atomic mass is 10.2. The minimum absolute atomic E-state index is 0.715. The number of thiol groups is 1. The minimum atomic E-state index is -3.67. The van der Waals surface area contributed by atoms with Crippen molar-refractivity contribution in [3.63, 3.8) is 0 Å². The molecule has 4 unspecified atom stereocenters. The minimum Gasteiger partial charge on any atom is -0.286 e. The van der Waals surface area contributed by atoms with Crippen molar-refractivity contribution >= 4 is 22.7 Å². The molecule has 0 amide bonds. The summed E-state index contributed by atoms with van der Waals surface area (Å²) in [6.07, 6.45) is -7.40. The lowest BCUT2D eigenvalue weighted by molar-refractivity contribution is 0.0474. The zero-order chi connectivity index (χ0) is 13.5. The summed E-state index contributed by atoms with van der Waals surface area (Å²) in [7, 11) is -3.67. The number of alkyl halides is 5. The summed E-state index contributed by atoms with van der Waals surface area (Å²) in [5.41, 5.74) is -2.42. The second-order valence-electron chi connectivity index (χ2n) is 2.66. The number of hydrogen-bond acceptors (Lipinski definition) is 3. The Labute approximate surface area is 95.2 Å². The molecule has 16 heavy (non-hydrogen) atoms. The second-order valence-corrected chi connectivity index (χ2v) is 4.62. The molecule has 100 valence electrons. The Morgan fingerprint density at radius 2 is 1.50 bits per heavy atom. The third kappa shape index (κ3) is 12.0. The van der Waals surface area contributed by atoms with Gasteiger partial charge in [0.05, 0.1) is 6.26 Å². The topological polar surface area (TPSA) is 54.4 Å². The Balaban J connectivity index is 0. The van der Waals surface area contributed by atoms with Crippen LogP contribution in [0.5, 0.6) is 0 Å². The van der Waals surface area contributed by atoms with E-state index in [0.29, 0.717) is 6.26 Å². The maximum atomic E-state index is 12.2. The summed E-state index contributed by atoms with van der Waals surface area (Å²) in [5.74, 6) is 0. The SMILES string of the molecule is CS(=O)(=O)O.FCC(F)C(F)C(F)C(F)S. The van der Waals surface area contributed by atoms with Gasteiger partial charge in [0.1, 0.15) is 6.67 Å². The van der Waals surface area contributed by atoms with Crippen molar-refractivity contribution < 1.29 is 34.9 Å². The molecule has 0 aromatic heterocycles. The van der Waals surface area contributed by atoms with Gasteiger partial charge >= 0.3 is 0 Å². The number of rotatable bonds is 4. The van der Waals surface area contributed by atoms with E-state index in [1.54, 1.807) is 0 Å². The average molecular weight is 290 g/mol. The van der Waals surface area contributed by atoms with E-state index in [-0.39, 0.29) is 0 Å². The molecule has 0 saturated carbocycles. The first-order valence-electron chi connectivity index (χ1n) is 3.73. The van der Waals surface area contributed by atoms with E-state index >= 15 is 0 Å². The highest BCUT2D eigenvalue weighted by Gasteiger charge is 2.34. The molecule has 0 radical (unpaired) electrons. The molecule has 0 rings (SSSR count). The Kier molecular flexibility index (Phi) is 9.22. The maximum Gasteiger partial charge on any atom is 0.261 e. The quantitative estimate of drug-likeness (QED) is 0.471. The largest absolute Gasteiger partial charge is 0.286 e. The number of hydrogen-bond donors (Lipinski definition) is 2. The van der Waals surface area contributed by atoms with Gasteiger partial charge in [-0.3, -0.25) is 4.55 Å². The molecule has 10 heteroatoms. The van der Waals surface area contributed by atoms with Crippen molar-refractivity contribution in [1.29, 1.82) is 0 Å². The molecule has 0 aliphatic heterocycles. The zero-order valence-corrected chi connectivity index (χ0v) is 9.74. The molecule has 0 aromatic rings. The number of halogens is 5. The molecular formula is C6H11F5O3S2. The third-order valence-corrected chi connectivity index (χ3v) is 1.34. The van der Waals surface area contributed by atoms with Crippen LogP contribution in [-0.4, -0.2) is 49.9 Å². The van der Waals surface area contributed by atoms with Gasteiger partial charge in [-0.2, -0.15) is 8.42 Å². The second kappa shape index (κ2) is 8.07. The predicted octanol–water partition coefficient (Wildman–Crippen LogP) is 1.70. The monoisotopic (exact) mass is 290 g/mol. The molecule has 0 fully saturated rings. The molecular weight excluding hydrogens is 279 g/mol. The lowest BCUT2D eigenvalue weighted by Gasteiger charge is -2.15. The maximum absolute atomic E-state index is 12.2. The summed E-state index contributed by atoms with van der Waals surface area (Å²) in [6.45, 7) is -1.66. The van der Waals surface area contributed by atoms with Crippen molar-refractivity contribution in [2.75, 3.05) is 12.9 Å². The van der Waals surface area contributed by atoms with Gasteiger partial charge in [0.15, 0.2) is 24.0 Å². The van der Waals surface area contributed by atoms with Crippen molar-refractivity contribution in [3.8, 4) is 0 Å². The molecule has 1 N–H and O–H groups in total. The van der Waals surface area contributed by atoms with Crippen LogP contribution < -0.4 is 0 Å². The van der Waals surface area contributed by atoms with Crippen LogP contribution in [0.4, 0.5) is 22.0 Å². The zero-order valence-electron chi connectivity index (χ0n) is 8.03. The van der Waals surface area contributed by atoms with Gasteiger partial charge < -0.3 is 0 Å². The molecule has 0 aliphatic rings. The van der Waals surface area contributed by atoms with Crippen LogP contribution in [0.3, 0.4) is 0 Å². The fourth-order valence-electron chi connectivity index (χ4n) is 0.436. The van der Waals surface area contributed by atoms with Gasteiger partial charge in [-0.15, -0.1) is 12.6 Å². The summed E-state index contributed by atoms with van der Waals surface area (Å²) in [6, 6.07) is 0. The average Bonchev–Trinajstić information content (AvgIpc) is 2.11. The first kappa shape index (κ1) is 18.3. The Hall–Kier alpha value is -0.0900. The Morgan fingerprint density at radius 3 is 1.69 bits per heavy atom. The molecule has 4 atom stereocenters. The van der Waals surface area contributed by atoms with Crippen LogP contribution in [-0.2, 0) is 10.1 Å². The lowest BCUT2D eigenvalue weighted by Crippen LogP contribution is -2.33. The van der Waals surface area contributed by atoms with E-state index in [9.17, 15) is 30.4 Å².